The summed E-state index contributed by atoms with van der Waals surface area (Å²) in [7, 11) is -7.04. The van der Waals surface area contributed by atoms with E-state index in [0.717, 1.165) is 12.8 Å². The third-order valence-electron chi connectivity index (χ3n) is 5.03. The van der Waals surface area contributed by atoms with Crippen LogP contribution in [0.5, 0.6) is 0 Å². The average Bonchev–Trinajstić information content (AvgIpc) is 2.68. The highest BCUT2D eigenvalue weighted by Crippen LogP contribution is 2.19. The summed E-state index contributed by atoms with van der Waals surface area (Å²) in [6.45, 7) is 10.2. The standard InChI is InChI=1S/C18H33N5O4S2/c1-5-8-16(4)20-28(24,25)17-9-10-18(19-15-17)21-11-13-23(14-12-21)29(26,27)22(6-2)7-3/h9-10,15-16,20H,5-8,11-14H2,1-4H3. The highest BCUT2D eigenvalue weighted by Gasteiger charge is 2.31. The molecule has 1 saturated heterocycles. The first-order valence-electron chi connectivity index (χ1n) is 10.1. The molecule has 11 heteroatoms. The van der Waals surface area contributed by atoms with Crippen molar-refractivity contribution >= 4 is 26.1 Å². The Morgan fingerprint density at radius 3 is 2.17 bits per heavy atom. The molecule has 0 spiro atoms. The van der Waals surface area contributed by atoms with Crippen LogP contribution in [0.25, 0.3) is 0 Å². The van der Waals surface area contributed by atoms with Gasteiger partial charge in [0.2, 0.25) is 10.0 Å². The number of sulfonamides is 1. The molecular formula is C18H33N5O4S2. The Morgan fingerprint density at radius 2 is 1.69 bits per heavy atom. The van der Waals surface area contributed by atoms with E-state index in [1.807, 2.05) is 32.6 Å². The van der Waals surface area contributed by atoms with E-state index < -0.39 is 20.2 Å². The van der Waals surface area contributed by atoms with Crippen molar-refractivity contribution in [1.29, 1.82) is 0 Å². The van der Waals surface area contributed by atoms with Crippen molar-refractivity contribution in [2.24, 2.45) is 0 Å². The van der Waals surface area contributed by atoms with E-state index in [2.05, 4.69) is 9.71 Å². The predicted octanol–water partition coefficient (Wildman–Crippen LogP) is 1.26. The molecule has 1 fully saturated rings. The largest absolute Gasteiger partial charge is 0.354 e. The molecule has 1 atom stereocenters. The number of hydrogen-bond acceptors (Lipinski definition) is 6. The van der Waals surface area contributed by atoms with E-state index in [0.29, 0.717) is 45.1 Å². The molecule has 29 heavy (non-hydrogen) atoms. The van der Waals surface area contributed by atoms with Crippen LogP contribution in [0.15, 0.2) is 23.2 Å². The minimum Gasteiger partial charge on any atom is -0.354 e. The molecule has 1 aromatic heterocycles. The molecule has 0 aromatic carbocycles. The van der Waals surface area contributed by atoms with Gasteiger partial charge in [-0.3, -0.25) is 0 Å². The first-order chi connectivity index (χ1) is 13.7. The van der Waals surface area contributed by atoms with Gasteiger partial charge in [-0.1, -0.05) is 27.2 Å². The second kappa shape index (κ2) is 10.2. The Balaban J connectivity index is 2.02. The molecule has 0 aliphatic carbocycles. The zero-order valence-corrected chi connectivity index (χ0v) is 19.3. The zero-order valence-electron chi connectivity index (χ0n) is 17.7. The van der Waals surface area contributed by atoms with Crippen molar-refractivity contribution in [3.8, 4) is 0 Å². The normalized spacial score (nSPS) is 17.6. The van der Waals surface area contributed by atoms with Gasteiger partial charge in [0.1, 0.15) is 10.7 Å². The molecule has 0 amide bonds. The molecule has 1 aliphatic rings. The van der Waals surface area contributed by atoms with E-state index in [-0.39, 0.29) is 10.9 Å². The van der Waals surface area contributed by atoms with E-state index in [1.165, 1.54) is 14.8 Å². The summed E-state index contributed by atoms with van der Waals surface area (Å²) in [6, 6.07) is 3.08. The Kier molecular flexibility index (Phi) is 8.41. The SMILES string of the molecule is CCCC(C)NS(=O)(=O)c1ccc(N2CCN(S(=O)(=O)N(CC)CC)CC2)nc1. The number of rotatable bonds is 10. The van der Waals surface area contributed by atoms with Gasteiger partial charge in [-0.05, 0) is 25.5 Å². The van der Waals surface area contributed by atoms with Crippen molar-refractivity contribution < 1.29 is 16.8 Å². The number of hydrogen-bond donors (Lipinski definition) is 1. The third-order valence-corrected chi connectivity index (χ3v) is 8.79. The summed E-state index contributed by atoms with van der Waals surface area (Å²) >= 11 is 0. The van der Waals surface area contributed by atoms with Gasteiger partial charge >= 0.3 is 0 Å². The van der Waals surface area contributed by atoms with Gasteiger partial charge in [-0.15, -0.1) is 0 Å². The van der Waals surface area contributed by atoms with Gasteiger partial charge < -0.3 is 4.90 Å². The maximum absolute atomic E-state index is 12.6. The second-order valence-corrected chi connectivity index (χ2v) is 10.8. The quantitative estimate of drug-likeness (QED) is 0.579. The van der Waals surface area contributed by atoms with Gasteiger partial charge in [-0.2, -0.15) is 17.0 Å². The fraction of sp³-hybridized carbons (Fsp3) is 0.722. The Bertz CT molecular complexity index is 847. The maximum atomic E-state index is 12.6. The summed E-state index contributed by atoms with van der Waals surface area (Å²) in [5.41, 5.74) is 0. The second-order valence-electron chi connectivity index (χ2n) is 7.14. The molecule has 1 N–H and O–H groups in total. The van der Waals surface area contributed by atoms with Crippen LogP contribution >= 0.6 is 0 Å². The first-order valence-corrected chi connectivity index (χ1v) is 13.0. The van der Waals surface area contributed by atoms with Crippen molar-refractivity contribution in [2.75, 3.05) is 44.2 Å². The maximum Gasteiger partial charge on any atom is 0.282 e. The number of aromatic nitrogens is 1. The Labute approximate surface area is 175 Å². The lowest BCUT2D eigenvalue weighted by atomic mass is 10.2. The first kappa shape index (κ1) is 24.0. The van der Waals surface area contributed by atoms with Crippen LogP contribution in [0.2, 0.25) is 0 Å². The minimum atomic E-state index is -3.60. The molecule has 1 unspecified atom stereocenters. The van der Waals surface area contributed by atoms with E-state index in [9.17, 15) is 16.8 Å². The molecule has 166 valence electrons. The average molecular weight is 448 g/mol. The zero-order chi connectivity index (χ0) is 21.7. The minimum absolute atomic E-state index is 0.131. The van der Waals surface area contributed by atoms with Crippen molar-refractivity contribution in [2.45, 2.75) is 51.5 Å². The Hall–Kier alpha value is -1.27. The molecule has 2 heterocycles. The molecule has 9 nitrogen and oxygen atoms in total. The number of anilines is 1. The van der Waals surface area contributed by atoms with Gasteiger partial charge in [0.15, 0.2) is 0 Å². The van der Waals surface area contributed by atoms with E-state index in [1.54, 1.807) is 12.1 Å². The smallest absolute Gasteiger partial charge is 0.282 e. The van der Waals surface area contributed by atoms with Crippen LogP contribution < -0.4 is 9.62 Å². The topological polar surface area (TPSA) is 103 Å². The van der Waals surface area contributed by atoms with Crippen molar-refractivity contribution in [3.05, 3.63) is 18.3 Å². The number of nitrogens with one attached hydrogen (secondary N) is 1. The van der Waals surface area contributed by atoms with Crippen LogP contribution in [0.4, 0.5) is 5.82 Å². The molecule has 1 aliphatic heterocycles. The van der Waals surface area contributed by atoms with Crippen LogP contribution in [0.3, 0.4) is 0 Å². The van der Waals surface area contributed by atoms with Crippen molar-refractivity contribution in [1.82, 2.24) is 18.3 Å². The molecule has 0 saturated carbocycles. The monoisotopic (exact) mass is 447 g/mol. The van der Waals surface area contributed by atoms with Crippen LogP contribution in [-0.2, 0) is 20.2 Å². The highest BCUT2D eigenvalue weighted by atomic mass is 32.2. The van der Waals surface area contributed by atoms with E-state index in [4.69, 9.17) is 0 Å². The number of nitrogens with zero attached hydrogens (tertiary/aromatic N) is 4. The lowest BCUT2D eigenvalue weighted by Crippen LogP contribution is -2.53. The van der Waals surface area contributed by atoms with Gasteiger partial charge in [-0.25, -0.2) is 18.1 Å². The fourth-order valence-electron chi connectivity index (χ4n) is 3.40. The van der Waals surface area contributed by atoms with Crippen LogP contribution in [0.1, 0.15) is 40.5 Å². The summed E-state index contributed by atoms with van der Waals surface area (Å²) in [5.74, 6) is 0.644. The Morgan fingerprint density at radius 1 is 1.07 bits per heavy atom. The van der Waals surface area contributed by atoms with Crippen molar-refractivity contribution in [3.63, 3.8) is 0 Å². The van der Waals surface area contributed by atoms with Gasteiger partial charge in [0.05, 0.1) is 0 Å². The third kappa shape index (κ3) is 5.88. The number of pyridine rings is 1. The fourth-order valence-corrected chi connectivity index (χ4v) is 6.23. The summed E-state index contributed by atoms with van der Waals surface area (Å²) in [4.78, 5) is 6.41. The number of piperazine rings is 1. The van der Waals surface area contributed by atoms with E-state index >= 15 is 0 Å². The molecule has 1 aromatic rings. The van der Waals surface area contributed by atoms with Gasteiger partial charge in [0, 0.05) is 51.5 Å². The van der Waals surface area contributed by atoms with Crippen LogP contribution in [0, 0.1) is 0 Å². The highest BCUT2D eigenvalue weighted by molar-refractivity contribution is 7.89. The van der Waals surface area contributed by atoms with Crippen LogP contribution in [-0.4, -0.2) is 75.7 Å². The molecule has 0 radical (unpaired) electrons. The van der Waals surface area contributed by atoms with Gasteiger partial charge in [0.25, 0.3) is 10.2 Å². The summed E-state index contributed by atoms with van der Waals surface area (Å²) < 4.78 is 55.7. The lowest BCUT2D eigenvalue weighted by Gasteiger charge is -2.36. The predicted molar refractivity (Wildman–Crippen MR) is 115 cm³/mol. The molecule has 0 bridgehead atoms. The summed E-state index contributed by atoms with van der Waals surface area (Å²) in [5, 5.41) is 0. The molecular weight excluding hydrogens is 414 g/mol. The molecule has 2 rings (SSSR count). The summed E-state index contributed by atoms with van der Waals surface area (Å²) in [6.07, 6.45) is 3.03. The lowest BCUT2D eigenvalue weighted by molar-refractivity contribution is 0.333.